The number of hydrogen-bond donors (Lipinski definition) is 1. The van der Waals surface area contributed by atoms with E-state index in [0.29, 0.717) is 6.42 Å². The van der Waals surface area contributed by atoms with Crippen LogP contribution < -0.4 is 5.43 Å². The minimum absolute atomic E-state index is 0.0355. The van der Waals surface area contributed by atoms with E-state index in [1.807, 2.05) is 0 Å². The predicted molar refractivity (Wildman–Crippen MR) is 63.0 cm³/mol. The average Bonchev–Trinajstić information content (AvgIpc) is 2.27. The second-order valence-electron chi connectivity index (χ2n) is 3.54. The van der Waals surface area contributed by atoms with E-state index in [4.69, 9.17) is 0 Å². The van der Waals surface area contributed by atoms with E-state index in [0.717, 1.165) is 7.11 Å². The zero-order chi connectivity index (χ0) is 13.9. The average molecular weight is 282 g/mol. The molecule has 0 bridgehead atoms. The van der Waals surface area contributed by atoms with Crippen molar-refractivity contribution in [3.63, 3.8) is 0 Å². The molecule has 1 N–H and O–H groups in total. The highest BCUT2D eigenvalue weighted by atomic mass is 32.2. The molecular formula is C10H13F3N2O2S. The number of rotatable bonds is 3. The second kappa shape index (κ2) is 5.64. The van der Waals surface area contributed by atoms with Crippen molar-refractivity contribution in [3.05, 3.63) is 11.3 Å². The van der Waals surface area contributed by atoms with Gasteiger partial charge < -0.3 is 4.74 Å². The number of thioether (sulfide) groups is 1. The van der Waals surface area contributed by atoms with E-state index >= 15 is 0 Å². The van der Waals surface area contributed by atoms with Crippen LogP contribution in [0.3, 0.4) is 0 Å². The van der Waals surface area contributed by atoms with Gasteiger partial charge in [0.1, 0.15) is 0 Å². The van der Waals surface area contributed by atoms with Gasteiger partial charge in [-0.15, -0.1) is 0 Å². The van der Waals surface area contributed by atoms with Crippen LogP contribution in [0.25, 0.3) is 0 Å². The number of esters is 1. The summed E-state index contributed by atoms with van der Waals surface area (Å²) in [5.74, 6) is -0.775. The molecule has 0 spiro atoms. The molecule has 1 heterocycles. The SMILES string of the molecule is CCC1=NNC(C)=C(C(=O)OC)C1SC(F)(F)F. The van der Waals surface area contributed by atoms with Crippen molar-refractivity contribution in [2.24, 2.45) is 5.10 Å². The van der Waals surface area contributed by atoms with Crippen molar-refractivity contribution < 1.29 is 22.7 Å². The Morgan fingerprint density at radius 3 is 2.61 bits per heavy atom. The lowest BCUT2D eigenvalue weighted by atomic mass is 10.0. The lowest BCUT2D eigenvalue weighted by Gasteiger charge is -2.26. The highest BCUT2D eigenvalue weighted by Gasteiger charge is 2.41. The number of hydrazone groups is 1. The van der Waals surface area contributed by atoms with Crippen LogP contribution >= 0.6 is 11.8 Å². The molecular weight excluding hydrogens is 269 g/mol. The van der Waals surface area contributed by atoms with Gasteiger partial charge in [-0.2, -0.15) is 18.3 Å². The van der Waals surface area contributed by atoms with E-state index in [9.17, 15) is 18.0 Å². The van der Waals surface area contributed by atoms with Gasteiger partial charge in [-0.3, -0.25) is 5.43 Å². The van der Waals surface area contributed by atoms with Crippen LogP contribution in [0.15, 0.2) is 16.4 Å². The summed E-state index contributed by atoms with van der Waals surface area (Å²) in [4.78, 5) is 11.6. The second-order valence-corrected chi connectivity index (χ2v) is 4.71. The Hall–Kier alpha value is -1.18. The fourth-order valence-corrected chi connectivity index (χ4v) is 2.55. The molecule has 0 radical (unpaired) electrons. The maximum atomic E-state index is 12.5. The fourth-order valence-electron chi connectivity index (χ4n) is 1.53. The third-order valence-electron chi connectivity index (χ3n) is 2.36. The summed E-state index contributed by atoms with van der Waals surface area (Å²) in [5, 5.41) is 2.69. The van der Waals surface area contributed by atoms with Gasteiger partial charge in [0.25, 0.3) is 0 Å². The number of ether oxygens (including phenoxy) is 1. The first kappa shape index (κ1) is 14.9. The molecule has 102 valence electrons. The highest BCUT2D eigenvalue weighted by molar-refractivity contribution is 8.01. The smallest absolute Gasteiger partial charge is 0.442 e. The Balaban J connectivity index is 3.12. The van der Waals surface area contributed by atoms with Crippen LogP contribution in [0.2, 0.25) is 0 Å². The van der Waals surface area contributed by atoms with Gasteiger partial charge in [-0.25, -0.2) is 4.79 Å². The molecule has 1 rings (SSSR count). The fraction of sp³-hybridized carbons (Fsp3) is 0.600. The van der Waals surface area contributed by atoms with Crippen molar-refractivity contribution in [3.8, 4) is 0 Å². The quantitative estimate of drug-likeness (QED) is 0.808. The lowest BCUT2D eigenvalue weighted by Crippen LogP contribution is -2.35. The Bertz CT molecular complexity index is 404. The molecule has 1 aliphatic rings. The molecule has 0 aromatic carbocycles. The standard InChI is InChI=1S/C10H13F3N2O2S/c1-4-6-8(18-10(11,12)13)7(9(16)17-3)5(2)14-15-6/h8,14H,4H2,1-3H3. The van der Waals surface area contributed by atoms with Crippen molar-refractivity contribution in [1.82, 2.24) is 5.43 Å². The zero-order valence-corrected chi connectivity index (χ0v) is 10.9. The summed E-state index contributed by atoms with van der Waals surface area (Å²) < 4.78 is 42.1. The van der Waals surface area contributed by atoms with Gasteiger partial charge in [-0.05, 0) is 25.1 Å². The molecule has 0 aromatic heterocycles. The zero-order valence-electron chi connectivity index (χ0n) is 10.1. The molecule has 0 saturated heterocycles. The summed E-state index contributed by atoms with van der Waals surface area (Å²) in [5.41, 5.74) is -1.39. The minimum Gasteiger partial charge on any atom is -0.466 e. The Morgan fingerprint density at radius 2 is 2.17 bits per heavy atom. The van der Waals surface area contributed by atoms with Crippen LogP contribution in [-0.4, -0.2) is 29.5 Å². The minimum atomic E-state index is -4.45. The third kappa shape index (κ3) is 3.41. The maximum absolute atomic E-state index is 12.5. The Labute approximate surface area is 107 Å². The molecule has 1 aliphatic heterocycles. The Morgan fingerprint density at radius 1 is 1.56 bits per heavy atom. The number of halogens is 3. The van der Waals surface area contributed by atoms with Crippen LogP contribution in [0.1, 0.15) is 20.3 Å². The van der Waals surface area contributed by atoms with Gasteiger partial charge in [0.15, 0.2) is 0 Å². The van der Waals surface area contributed by atoms with Crippen LogP contribution in [-0.2, 0) is 9.53 Å². The van der Waals surface area contributed by atoms with Gasteiger partial charge in [0.05, 0.1) is 23.6 Å². The van der Waals surface area contributed by atoms with E-state index in [2.05, 4.69) is 15.3 Å². The number of nitrogens with one attached hydrogen (secondary N) is 1. The maximum Gasteiger partial charge on any atom is 0.442 e. The monoisotopic (exact) mass is 282 g/mol. The van der Waals surface area contributed by atoms with Crippen molar-refractivity contribution in [1.29, 1.82) is 0 Å². The molecule has 8 heteroatoms. The predicted octanol–water partition coefficient (Wildman–Crippen LogP) is 2.42. The molecule has 1 unspecified atom stereocenters. The first-order valence-corrected chi connectivity index (χ1v) is 6.04. The topological polar surface area (TPSA) is 50.7 Å². The van der Waals surface area contributed by atoms with Gasteiger partial charge in [0, 0.05) is 5.70 Å². The molecule has 0 aromatic rings. The molecule has 0 saturated carbocycles. The number of alkyl halides is 3. The van der Waals surface area contributed by atoms with E-state index in [1.54, 1.807) is 6.92 Å². The van der Waals surface area contributed by atoms with Crippen molar-refractivity contribution in [2.45, 2.75) is 31.0 Å². The lowest BCUT2D eigenvalue weighted by molar-refractivity contribution is -0.136. The molecule has 0 fully saturated rings. The third-order valence-corrected chi connectivity index (χ3v) is 3.37. The van der Waals surface area contributed by atoms with Gasteiger partial charge in [-0.1, -0.05) is 6.92 Å². The number of carbonyl (C=O) groups is 1. The molecule has 4 nitrogen and oxygen atoms in total. The summed E-state index contributed by atoms with van der Waals surface area (Å²) in [6, 6.07) is 0. The molecule has 0 aliphatic carbocycles. The molecule has 18 heavy (non-hydrogen) atoms. The summed E-state index contributed by atoms with van der Waals surface area (Å²) in [7, 11) is 1.13. The van der Waals surface area contributed by atoms with Crippen molar-refractivity contribution >= 4 is 23.4 Å². The van der Waals surface area contributed by atoms with Crippen LogP contribution in [0.4, 0.5) is 13.2 Å². The number of allylic oxidation sites excluding steroid dienone is 1. The largest absolute Gasteiger partial charge is 0.466 e. The highest BCUT2D eigenvalue weighted by Crippen LogP contribution is 2.39. The van der Waals surface area contributed by atoms with Crippen LogP contribution in [0.5, 0.6) is 0 Å². The summed E-state index contributed by atoms with van der Waals surface area (Å²) in [6.07, 6.45) is 0.314. The normalized spacial score (nSPS) is 20.3. The van der Waals surface area contributed by atoms with Gasteiger partial charge in [0.2, 0.25) is 0 Å². The first-order chi connectivity index (χ1) is 8.30. The van der Waals surface area contributed by atoms with E-state index in [-0.39, 0.29) is 28.7 Å². The van der Waals surface area contributed by atoms with E-state index < -0.39 is 16.7 Å². The number of nitrogens with zero attached hydrogens (tertiary/aromatic N) is 1. The summed E-state index contributed by atoms with van der Waals surface area (Å²) in [6.45, 7) is 3.17. The Kier molecular flexibility index (Phi) is 4.66. The molecule has 0 amide bonds. The summed E-state index contributed by atoms with van der Waals surface area (Å²) >= 11 is -0.264. The van der Waals surface area contributed by atoms with Gasteiger partial charge >= 0.3 is 11.5 Å². The number of hydrogen-bond acceptors (Lipinski definition) is 5. The number of carbonyl (C=O) groups excluding carboxylic acids is 1. The molecule has 1 atom stereocenters. The first-order valence-electron chi connectivity index (χ1n) is 5.16. The number of methoxy groups -OCH3 is 1. The van der Waals surface area contributed by atoms with Crippen LogP contribution in [0, 0.1) is 0 Å². The van der Waals surface area contributed by atoms with E-state index in [1.165, 1.54) is 6.92 Å². The van der Waals surface area contributed by atoms with Crippen molar-refractivity contribution in [2.75, 3.05) is 7.11 Å².